The summed E-state index contributed by atoms with van der Waals surface area (Å²) in [4.78, 5) is 5.36. The van der Waals surface area contributed by atoms with Crippen molar-refractivity contribution in [2.45, 2.75) is 20.8 Å². The van der Waals surface area contributed by atoms with E-state index in [1.807, 2.05) is 26.1 Å². The van der Waals surface area contributed by atoms with Crippen LogP contribution in [-0.2, 0) is 4.84 Å². The summed E-state index contributed by atoms with van der Waals surface area (Å²) in [6.07, 6.45) is 0. The van der Waals surface area contributed by atoms with E-state index in [9.17, 15) is 0 Å². The zero-order chi connectivity index (χ0) is 10.7. The van der Waals surface area contributed by atoms with Gasteiger partial charge in [0.1, 0.15) is 0 Å². The Bertz CT molecular complexity index is 323. The first kappa shape index (κ1) is 10.9. The lowest BCUT2D eigenvalue weighted by Crippen LogP contribution is -2.19. The molecule has 0 heterocycles. The Morgan fingerprint density at radius 1 is 1.29 bits per heavy atom. The summed E-state index contributed by atoms with van der Waals surface area (Å²) in [5, 5.41) is 1.71. The van der Waals surface area contributed by atoms with Crippen LogP contribution in [0.3, 0.4) is 0 Å². The largest absolute Gasteiger partial charge is 0.397 e. The van der Waals surface area contributed by atoms with Gasteiger partial charge in [-0.3, -0.25) is 9.90 Å². The van der Waals surface area contributed by atoms with E-state index in [0.29, 0.717) is 6.61 Å². The molecule has 0 aliphatic rings. The standard InChI is InChI=1S/C11H18N2O/c1-5-14-13(4)11-7-9(3)8(2)6-10(11)12/h6-7H,5,12H2,1-4H3. The summed E-state index contributed by atoms with van der Waals surface area (Å²) in [6.45, 7) is 6.71. The maximum absolute atomic E-state index is 5.90. The van der Waals surface area contributed by atoms with Gasteiger partial charge in [-0.25, -0.2) is 0 Å². The third-order valence-electron chi connectivity index (χ3n) is 2.31. The van der Waals surface area contributed by atoms with Gasteiger partial charge < -0.3 is 5.73 Å². The van der Waals surface area contributed by atoms with Crippen LogP contribution in [0.1, 0.15) is 18.1 Å². The van der Waals surface area contributed by atoms with Gasteiger partial charge in [0.05, 0.1) is 18.0 Å². The number of anilines is 2. The molecule has 1 rings (SSSR count). The van der Waals surface area contributed by atoms with Crippen molar-refractivity contribution in [2.24, 2.45) is 0 Å². The highest BCUT2D eigenvalue weighted by Gasteiger charge is 2.07. The van der Waals surface area contributed by atoms with Gasteiger partial charge in [-0.2, -0.15) is 0 Å². The van der Waals surface area contributed by atoms with Gasteiger partial charge >= 0.3 is 0 Å². The molecule has 0 spiro atoms. The molecule has 1 aromatic carbocycles. The molecule has 0 aliphatic carbocycles. The van der Waals surface area contributed by atoms with Gasteiger partial charge in [0.2, 0.25) is 0 Å². The number of nitrogen functional groups attached to an aromatic ring is 1. The van der Waals surface area contributed by atoms with Crippen LogP contribution in [0, 0.1) is 13.8 Å². The Morgan fingerprint density at radius 3 is 2.43 bits per heavy atom. The molecule has 0 aromatic heterocycles. The van der Waals surface area contributed by atoms with Crippen LogP contribution in [0.15, 0.2) is 12.1 Å². The number of benzene rings is 1. The Hall–Kier alpha value is -1.22. The number of nitrogens with two attached hydrogens (primary N) is 1. The van der Waals surface area contributed by atoms with Crippen LogP contribution >= 0.6 is 0 Å². The fourth-order valence-electron chi connectivity index (χ4n) is 1.36. The first-order chi connectivity index (χ1) is 6.56. The Morgan fingerprint density at radius 2 is 1.86 bits per heavy atom. The summed E-state index contributed by atoms with van der Waals surface area (Å²) in [5.41, 5.74) is 10.0. The first-order valence-corrected chi connectivity index (χ1v) is 4.79. The van der Waals surface area contributed by atoms with Gasteiger partial charge in [-0.05, 0) is 44.0 Å². The van der Waals surface area contributed by atoms with E-state index in [2.05, 4.69) is 13.8 Å². The average Bonchev–Trinajstić information content (AvgIpc) is 2.11. The number of aryl methyl sites for hydroxylation is 2. The first-order valence-electron chi connectivity index (χ1n) is 4.79. The number of hydrogen-bond donors (Lipinski definition) is 1. The minimum Gasteiger partial charge on any atom is -0.397 e. The highest BCUT2D eigenvalue weighted by Crippen LogP contribution is 2.25. The normalized spacial score (nSPS) is 10.3. The lowest BCUT2D eigenvalue weighted by Gasteiger charge is -2.20. The van der Waals surface area contributed by atoms with Crippen LogP contribution in [0.2, 0.25) is 0 Å². The molecule has 78 valence electrons. The zero-order valence-corrected chi connectivity index (χ0v) is 9.29. The zero-order valence-electron chi connectivity index (χ0n) is 9.29. The second-order valence-corrected chi connectivity index (χ2v) is 3.41. The third-order valence-corrected chi connectivity index (χ3v) is 2.31. The molecule has 0 saturated carbocycles. The molecular formula is C11H18N2O. The molecule has 0 atom stereocenters. The number of hydrogen-bond acceptors (Lipinski definition) is 3. The highest BCUT2D eigenvalue weighted by atomic mass is 16.7. The van der Waals surface area contributed by atoms with Crippen LogP contribution in [0.4, 0.5) is 11.4 Å². The van der Waals surface area contributed by atoms with E-state index in [4.69, 9.17) is 10.6 Å². The summed E-state index contributed by atoms with van der Waals surface area (Å²) < 4.78 is 0. The molecule has 0 bridgehead atoms. The monoisotopic (exact) mass is 194 g/mol. The quantitative estimate of drug-likeness (QED) is 0.592. The Labute approximate surface area is 85.4 Å². The molecule has 0 amide bonds. The van der Waals surface area contributed by atoms with E-state index in [0.717, 1.165) is 11.4 Å². The Kier molecular flexibility index (Phi) is 3.36. The molecule has 0 radical (unpaired) electrons. The molecule has 0 aliphatic heterocycles. The van der Waals surface area contributed by atoms with Crippen molar-refractivity contribution in [2.75, 3.05) is 24.5 Å². The topological polar surface area (TPSA) is 38.5 Å². The molecule has 14 heavy (non-hydrogen) atoms. The van der Waals surface area contributed by atoms with Crippen molar-refractivity contribution >= 4 is 11.4 Å². The van der Waals surface area contributed by atoms with E-state index < -0.39 is 0 Å². The molecule has 3 nitrogen and oxygen atoms in total. The second-order valence-electron chi connectivity index (χ2n) is 3.41. The summed E-state index contributed by atoms with van der Waals surface area (Å²) in [5.74, 6) is 0. The van der Waals surface area contributed by atoms with Crippen LogP contribution in [0.5, 0.6) is 0 Å². The maximum atomic E-state index is 5.90. The van der Waals surface area contributed by atoms with Crippen molar-refractivity contribution < 1.29 is 4.84 Å². The lowest BCUT2D eigenvalue weighted by molar-refractivity contribution is 0.135. The van der Waals surface area contributed by atoms with E-state index >= 15 is 0 Å². The van der Waals surface area contributed by atoms with Crippen molar-refractivity contribution in [3.63, 3.8) is 0 Å². The van der Waals surface area contributed by atoms with Crippen LogP contribution in [-0.4, -0.2) is 13.7 Å². The maximum Gasteiger partial charge on any atom is 0.0865 e. The van der Waals surface area contributed by atoms with Crippen LogP contribution in [0.25, 0.3) is 0 Å². The van der Waals surface area contributed by atoms with Crippen molar-refractivity contribution in [1.29, 1.82) is 0 Å². The predicted molar refractivity (Wildman–Crippen MR) is 60.4 cm³/mol. The van der Waals surface area contributed by atoms with Crippen molar-refractivity contribution in [1.82, 2.24) is 0 Å². The van der Waals surface area contributed by atoms with E-state index in [1.165, 1.54) is 11.1 Å². The molecular weight excluding hydrogens is 176 g/mol. The fraction of sp³-hybridized carbons (Fsp3) is 0.455. The fourth-order valence-corrected chi connectivity index (χ4v) is 1.36. The Balaban J connectivity index is 3.02. The van der Waals surface area contributed by atoms with E-state index in [1.54, 1.807) is 5.06 Å². The summed E-state index contributed by atoms with van der Waals surface area (Å²) in [6, 6.07) is 4.01. The van der Waals surface area contributed by atoms with Crippen molar-refractivity contribution in [3.05, 3.63) is 23.3 Å². The smallest absolute Gasteiger partial charge is 0.0865 e. The predicted octanol–water partition coefficient (Wildman–Crippen LogP) is 2.27. The summed E-state index contributed by atoms with van der Waals surface area (Å²) >= 11 is 0. The molecule has 0 fully saturated rings. The molecule has 0 saturated heterocycles. The molecule has 1 aromatic rings. The van der Waals surface area contributed by atoms with Gasteiger partial charge in [0.25, 0.3) is 0 Å². The SMILES string of the molecule is CCON(C)c1cc(C)c(C)cc1N. The molecule has 2 N–H and O–H groups in total. The second kappa shape index (κ2) is 4.33. The van der Waals surface area contributed by atoms with Gasteiger partial charge in [0, 0.05) is 7.05 Å². The van der Waals surface area contributed by atoms with Gasteiger partial charge in [-0.1, -0.05) is 0 Å². The molecule has 0 unspecified atom stereocenters. The lowest BCUT2D eigenvalue weighted by atomic mass is 10.1. The minimum atomic E-state index is 0.642. The third kappa shape index (κ3) is 2.17. The number of rotatable bonds is 3. The summed E-state index contributed by atoms with van der Waals surface area (Å²) in [7, 11) is 1.87. The average molecular weight is 194 g/mol. The highest BCUT2D eigenvalue weighted by molar-refractivity contribution is 5.68. The van der Waals surface area contributed by atoms with Gasteiger partial charge in [0.15, 0.2) is 0 Å². The van der Waals surface area contributed by atoms with Gasteiger partial charge in [-0.15, -0.1) is 0 Å². The van der Waals surface area contributed by atoms with Crippen LogP contribution < -0.4 is 10.8 Å². The molecule has 3 heteroatoms. The van der Waals surface area contributed by atoms with Crippen molar-refractivity contribution in [3.8, 4) is 0 Å². The number of hydroxylamine groups is 1. The number of nitrogens with zero attached hydrogens (tertiary/aromatic N) is 1. The minimum absolute atomic E-state index is 0.642. The van der Waals surface area contributed by atoms with E-state index in [-0.39, 0.29) is 0 Å².